The third kappa shape index (κ3) is 3.24. The van der Waals surface area contributed by atoms with Crippen molar-refractivity contribution in [3.05, 3.63) is 71.3 Å². The summed E-state index contributed by atoms with van der Waals surface area (Å²) in [4.78, 5) is 0. The third-order valence-corrected chi connectivity index (χ3v) is 3.88. The lowest BCUT2D eigenvalue weighted by Crippen LogP contribution is -2.22. The minimum atomic E-state index is 0.355. The Hall–Kier alpha value is -1.60. The van der Waals surface area contributed by atoms with Crippen molar-refractivity contribution < 1.29 is 0 Å². The van der Waals surface area contributed by atoms with Gasteiger partial charge in [-0.3, -0.25) is 0 Å². The van der Waals surface area contributed by atoms with Crippen LogP contribution >= 0.6 is 0 Å². The lowest BCUT2D eigenvalue weighted by atomic mass is 9.88. The minimum absolute atomic E-state index is 0.355. The lowest BCUT2D eigenvalue weighted by Gasteiger charge is -2.24. The normalized spacial score (nSPS) is 14.1. The van der Waals surface area contributed by atoms with E-state index in [0.717, 1.165) is 6.42 Å². The lowest BCUT2D eigenvalue weighted by molar-refractivity contribution is 0.508. The average Bonchev–Trinajstić information content (AvgIpc) is 2.49. The van der Waals surface area contributed by atoms with Gasteiger partial charge in [-0.25, -0.2) is 0 Å². The second kappa shape index (κ2) is 6.53. The number of hydrogen-bond acceptors (Lipinski definition) is 1. The number of benzene rings is 2. The SMILES string of the molecule is CCc1ccc(C(NC)C(C)c2ccccc2)cc1. The van der Waals surface area contributed by atoms with Crippen molar-refractivity contribution in [1.29, 1.82) is 0 Å². The zero-order valence-electron chi connectivity index (χ0n) is 12.1. The number of hydrogen-bond donors (Lipinski definition) is 1. The van der Waals surface area contributed by atoms with E-state index in [1.807, 2.05) is 7.05 Å². The van der Waals surface area contributed by atoms with Crippen LogP contribution in [0.2, 0.25) is 0 Å². The summed E-state index contributed by atoms with van der Waals surface area (Å²) in [5, 5.41) is 3.45. The second-order valence-electron chi connectivity index (χ2n) is 5.06. The number of nitrogens with one attached hydrogen (secondary N) is 1. The molecule has 1 heteroatoms. The molecule has 19 heavy (non-hydrogen) atoms. The molecule has 1 N–H and O–H groups in total. The van der Waals surface area contributed by atoms with Crippen LogP contribution in [0, 0.1) is 0 Å². The molecule has 0 radical (unpaired) electrons. The van der Waals surface area contributed by atoms with Crippen LogP contribution in [0.15, 0.2) is 54.6 Å². The first kappa shape index (κ1) is 13.8. The van der Waals surface area contributed by atoms with Crippen molar-refractivity contribution in [1.82, 2.24) is 5.32 Å². The first-order valence-electron chi connectivity index (χ1n) is 7.07. The first-order valence-corrected chi connectivity index (χ1v) is 7.07. The van der Waals surface area contributed by atoms with Crippen LogP contribution in [0.25, 0.3) is 0 Å². The van der Waals surface area contributed by atoms with E-state index in [0.29, 0.717) is 12.0 Å². The fourth-order valence-electron chi connectivity index (χ4n) is 2.62. The van der Waals surface area contributed by atoms with E-state index in [9.17, 15) is 0 Å². The Balaban J connectivity index is 2.23. The van der Waals surface area contributed by atoms with Crippen LogP contribution in [-0.4, -0.2) is 7.05 Å². The molecule has 0 bridgehead atoms. The number of rotatable bonds is 5. The fourth-order valence-corrected chi connectivity index (χ4v) is 2.62. The fraction of sp³-hybridized carbons (Fsp3) is 0.333. The van der Waals surface area contributed by atoms with Gasteiger partial charge in [0.05, 0.1) is 0 Å². The molecule has 0 saturated carbocycles. The summed E-state index contributed by atoms with van der Waals surface area (Å²) in [6, 6.07) is 20.0. The molecule has 100 valence electrons. The highest BCUT2D eigenvalue weighted by Crippen LogP contribution is 2.30. The molecule has 0 amide bonds. The van der Waals surface area contributed by atoms with E-state index < -0.39 is 0 Å². The van der Waals surface area contributed by atoms with Crippen LogP contribution in [0.1, 0.15) is 42.5 Å². The van der Waals surface area contributed by atoms with Gasteiger partial charge in [0.15, 0.2) is 0 Å². The van der Waals surface area contributed by atoms with Gasteiger partial charge in [-0.1, -0.05) is 68.4 Å². The molecule has 0 heterocycles. The van der Waals surface area contributed by atoms with Gasteiger partial charge in [0.2, 0.25) is 0 Å². The van der Waals surface area contributed by atoms with Crippen molar-refractivity contribution in [3.8, 4) is 0 Å². The molecule has 0 aliphatic rings. The maximum absolute atomic E-state index is 3.45. The van der Waals surface area contributed by atoms with Gasteiger partial charge in [-0.05, 0) is 30.2 Å². The Bertz CT molecular complexity index is 487. The smallest absolute Gasteiger partial charge is 0.0384 e. The summed E-state index contributed by atoms with van der Waals surface area (Å²) in [6.45, 7) is 4.47. The number of aryl methyl sites for hydroxylation is 1. The Kier molecular flexibility index (Phi) is 4.75. The minimum Gasteiger partial charge on any atom is -0.312 e. The standard InChI is InChI=1S/C18H23N/c1-4-15-10-12-17(13-11-15)18(19-3)14(2)16-8-6-5-7-9-16/h5-14,18-19H,4H2,1-3H3. The van der Waals surface area contributed by atoms with Crippen molar-refractivity contribution in [2.24, 2.45) is 0 Å². The van der Waals surface area contributed by atoms with Gasteiger partial charge in [0.1, 0.15) is 0 Å². The molecular weight excluding hydrogens is 230 g/mol. The summed E-state index contributed by atoms with van der Waals surface area (Å²) in [5.74, 6) is 0.457. The Morgan fingerprint density at radius 2 is 1.53 bits per heavy atom. The van der Waals surface area contributed by atoms with Gasteiger partial charge < -0.3 is 5.32 Å². The van der Waals surface area contributed by atoms with E-state index in [1.165, 1.54) is 16.7 Å². The molecule has 2 rings (SSSR count). The highest BCUT2D eigenvalue weighted by Gasteiger charge is 2.18. The zero-order valence-corrected chi connectivity index (χ0v) is 12.1. The van der Waals surface area contributed by atoms with E-state index in [4.69, 9.17) is 0 Å². The molecule has 0 aliphatic heterocycles. The highest BCUT2D eigenvalue weighted by atomic mass is 14.9. The molecular formula is C18H23N. The quantitative estimate of drug-likeness (QED) is 0.837. The molecule has 0 spiro atoms. The Morgan fingerprint density at radius 3 is 2.05 bits per heavy atom. The monoisotopic (exact) mass is 253 g/mol. The van der Waals surface area contributed by atoms with E-state index in [-0.39, 0.29) is 0 Å². The van der Waals surface area contributed by atoms with Gasteiger partial charge in [-0.2, -0.15) is 0 Å². The van der Waals surface area contributed by atoms with Crippen LogP contribution < -0.4 is 5.32 Å². The number of likely N-dealkylation sites (N-methyl/N-ethyl adjacent to an activating group) is 1. The topological polar surface area (TPSA) is 12.0 Å². The van der Waals surface area contributed by atoms with E-state index >= 15 is 0 Å². The molecule has 1 nitrogen and oxygen atoms in total. The third-order valence-electron chi connectivity index (χ3n) is 3.88. The van der Waals surface area contributed by atoms with Crippen molar-refractivity contribution >= 4 is 0 Å². The highest BCUT2D eigenvalue weighted by molar-refractivity contribution is 5.29. The molecule has 2 aromatic rings. The second-order valence-corrected chi connectivity index (χ2v) is 5.06. The van der Waals surface area contributed by atoms with Crippen molar-refractivity contribution in [3.63, 3.8) is 0 Å². The summed E-state index contributed by atoms with van der Waals surface area (Å²) in [5.41, 5.74) is 4.13. The summed E-state index contributed by atoms with van der Waals surface area (Å²) >= 11 is 0. The molecule has 2 atom stereocenters. The Labute approximate surface area is 116 Å². The van der Waals surface area contributed by atoms with Crippen molar-refractivity contribution in [2.45, 2.75) is 32.2 Å². The first-order chi connectivity index (χ1) is 9.26. The van der Waals surface area contributed by atoms with Crippen LogP contribution in [-0.2, 0) is 6.42 Å². The molecule has 0 aromatic heterocycles. The molecule has 2 unspecified atom stereocenters. The average molecular weight is 253 g/mol. The maximum atomic E-state index is 3.45. The van der Waals surface area contributed by atoms with Gasteiger partial charge >= 0.3 is 0 Å². The Morgan fingerprint density at radius 1 is 0.895 bits per heavy atom. The van der Waals surface area contributed by atoms with E-state index in [2.05, 4.69) is 73.8 Å². The van der Waals surface area contributed by atoms with Gasteiger partial charge in [0, 0.05) is 12.0 Å². The summed E-state index contributed by atoms with van der Waals surface area (Å²) in [7, 11) is 2.04. The van der Waals surface area contributed by atoms with Crippen LogP contribution in [0.5, 0.6) is 0 Å². The summed E-state index contributed by atoms with van der Waals surface area (Å²) < 4.78 is 0. The van der Waals surface area contributed by atoms with Crippen molar-refractivity contribution in [2.75, 3.05) is 7.05 Å². The molecule has 2 aromatic carbocycles. The van der Waals surface area contributed by atoms with Gasteiger partial charge in [0.25, 0.3) is 0 Å². The largest absolute Gasteiger partial charge is 0.312 e. The van der Waals surface area contributed by atoms with Gasteiger partial charge in [-0.15, -0.1) is 0 Å². The maximum Gasteiger partial charge on any atom is 0.0384 e. The summed E-state index contributed by atoms with van der Waals surface area (Å²) in [6.07, 6.45) is 1.10. The zero-order chi connectivity index (χ0) is 13.7. The molecule has 0 aliphatic carbocycles. The predicted molar refractivity (Wildman–Crippen MR) is 82.5 cm³/mol. The van der Waals surface area contributed by atoms with Crippen LogP contribution in [0.3, 0.4) is 0 Å². The van der Waals surface area contributed by atoms with E-state index in [1.54, 1.807) is 0 Å². The molecule has 0 fully saturated rings. The molecule has 0 saturated heterocycles. The van der Waals surface area contributed by atoms with Crippen LogP contribution in [0.4, 0.5) is 0 Å². The predicted octanol–water partition coefficient (Wildman–Crippen LogP) is 4.31.